The van der Waals surface area contributed by atoms with Gasteiger partial charge in [0, 0.05) is 68.8 Å². The summed E-state index contributed by atoms with van der Waals surface area (Å²) in [6.45, 7) is 0. The van der Waals surface area contributed by atoms with Crippen molar-refractivity contribution >= 4 is 17.4 Å². The average molecular weight is 647 g/mol. The Balaban J connectivity index is 1.33. The summed E-state index contributed by atoms with van der Waals surface area (Å²) in [5.41, 5.74) is 6.13. The van der Waals surface area contributed by atoms with Crippen LogP contribution in [0.5, 0.6) is 0 Å². The third-order valence-corrected chi connectivity index (χ3v) is 10.1. The van der Waals surface area contributed by atoms with Crippen LogP contribution >= 0.6 is 11.6 Å². The lowest BCUT2D eigenvalue weighted by atomic mass is 9.54. The van der Waals surface area contributed by atoms with Crippen molar-refractivity contribution in [2.24, 2.45) is 38.8 Å². The first-order chi connectivity index (χ1) is 22.8. The van der Waals surface area contributed by atoms with Gasteiger partial charge < -0.3 is 0 Å². The van der Waals surface area contributed by atoms with Crippen LogP contribution in [0.15, 0.2) is 73.6 Å². The van der Waals surface area contributed by atoms with Crippen LogP contribution in [0.1, 0.15) is 37.8 Å². The van der Waals surface area contributed by atoms with Crippen molar-refractivity contribution in [2.75, 3.05) is 5.01 Å². The first-order valence-electron chi connectivity index (χ1n) is 15.8. The predicted molar refractivity (Wildman–Crippen MR) is 180 cm³/mol. The highest BCUT2D eigenvalue weighted by Crippen LogP contribution is 2.59. The minimum absolute atomic E-state index is 0.116. The number of halogens is 1. The van der Waals surface area contributed by atoms with Gasteiger partial charge in [-0.15, -0.1) is 0 Å². The summed E-state index contributed by atoms with van der Waals surface area (Å²) in [7, 11) is 5.71. The molecule has 0 saturated heterocycles. The van der Waals surface area contributed by atoms with Crippen molar-refractivity contribution in [1.29, 1.82) is 0 Å². The van der Waals surface area contributed by atoms with E-state index in [1.165, 1.54) is 6.42 Å². The Morgan fingerprint density at radius 3 is 2.17 bits per heavy atom. The van der Waals surface area contributed by atoms with Crippen molar-refractivity contribution < 1.29 is 0 Å². The van der Waals surface area contributed by atoms with Crippen LogP contribution in [-0.2, 0) is 26.7 Å². The van der Waals surface area contributed by atoms with E-state index in [0.717, 1.165) is 59.3 Å². The van der Waals surface area contributed by atoms with E-state index in [-0.39, 0.29) is 11.2 Å². The van der Waals surface area contributed by atoms with Crippen LogP contribution in [0.4, 0.5) is 5.82 Å². The Hall–Kier alpha value is -4.94. The maximum Gasteiger partial charge on any atom is 0.224 e. The van der Waals surface area contributed by atoms with Crippen molar-refractivity contribution in [3.05, 3.63) is 84.6 Å². The Bertz CT molecular complexity index is 2090. The van der Waals surface area contributed by atoms with Gasteiger partial charge in [0.05, 0.1) is 28.8 Å². The third-order valence-electron chi connectivity index (χ3n) is 9.90. The van der Waals surface area contributed by atoms with Crippen LogP contribution < -0.4 is 10.9 Å². The Morgan fingerprint density at radius 2 is 1.55 bits per heavy atom. The molecule has 12 nitrogen and oxygen atoms in total. The van der Waals surface area contributed by atoms with Crippen molar-refractivity contribution in [2.45, 2.75) is 37.6 Å². The molecule has 238 valence electrons. The maximum atomic E-state index is 7.39. The van der Waals surface area contributed by atoms with Gasteiger partial charge >= 0.3 is 0 Å². The lowest BCUT2D eigenvalue weighted by Crippen LogP contribution is -2.64. The van der Waals surface area contributed by atoms with E-state index in [4.69, 9.17) is 37.5 Å². The summed E-state index contributed by atoms with van der Waals surface area (Å²) >= 11 is 6.48. The highest BCUT2D eigenvalue weighted by molar-refractivity contribution is 6.28. The number of hydrogen-bond donors (Lipinski definition) is 1. The molecule has 2 fully saturated rings. The number of anilines is 1. The SMILES string of the molecule is Cn1cc(-c2cccc(-c3ncc(-c4ccn(C)n4)c(C4(N(N)c5nc(Cl)ncc5-c5ccn(C)n5)CCC4C4CCC4)n3)c2)cn1. The standard InChI is InChI=1S/C34H35ClN12/c1-44-14-11-28(42-44)25-18-37-31(23-9-5-8-22(16-23)24-17-39-46(3)20-24)40-30(25)34(13-10-27(34)21-6-4-7-21)47(36)32-26(19-38-33(35)41-32)29-12-15-45(2)43-29/h5,8-9,11-12,14-21,27H,4,6-7,10,13,36H2,1-3H3. The molecule has 1 aromatic carbocycles. The molecule has 2 aliphatic rings. The fraction of sp³-hybridized carbons (Fsp3) is 0.324. The molecule has 2 atom stereocenters. The molecule has 8 rings (SSSR count). The fourth-order valence-electron chi connectivity index (χ4n) is 7.23. The first kappa shape index (κ1) is 29.5. The molecule has 2 saturated carbocycles. The molecule has 2 aliphatic carbocycles. The maximum absolute atomic E-state index is 7.39. The van der Waals surface area contributed by atoms with E-state index in [1.807, 2.05) is 81.4 Å². The van der Waals surface area contributed by atoms with Gasteiger partial charge in [0.15, 0.2) is 11.6 Å². The van der Waals surface area contributed by atoms with Gasteiger partial charge in [0.1, 0.15) is 5.54 Å². The van der Waals surface area contributed by atoms with Crippen molar-refractivity contribution in [1.82, 2.24) is 49.3 Å². The summed E-state index contributed by atoms with van der Waals surface area (Å²) in [5, 5.41) is 15.7. The Labute approximate surface area is 277 Å². The second-order valence-corrected chi connectivity index (χ2v) is 13.0. The van der Waals surface area contributed by atoms with E-state index in [0.29, 0.717) is 28.8 Å². The van der Waals surface area contributed by atoms with Gasteiger partial charge in [-0.25, -0.2) is 20.8 Å². The number of aromatic nitrogens is 10. The number of nitrogens with zero attached hydrogens (tertiary/aromatic N) is 11. The van der Waals surface area contributed by atoms with E-state index in [1.54, 1.807) is 20.2 Å². The minimum Gasteiger partial charge on any atom is -0.282 e. The average Bonchev–Trinajstić information content (AvgIpc) is 3.80. The van der Waals surface area contributed by atoms with Crippen LogP contribution in [0, 0.1) is 11.8 Å². The molecule has 0 spiro atoms. The molecule has 0 amide bonds. The summed E-state index contributed by atoms with van der Waals surface area (Å²) < 4.78 is 5.35. The van der Waals surface area contributed by atoms with Gasteiger partial charge in [0.25, 0.3) is 0 Å². The molecule has 5 heterocycles. The molecule has 0 aliphatic heterocycles. The molecule has 0 bridgehead atoms. The molecule has 5 aromatic heterocycles. The lowest BCUT2D eigenvalue weighted by Gasteiger charge is -2.58. The van der Waals surface area contributed by atoms with Gasteiger partial charge in [-0.1, -0.05) is 37.5 Å². The van der Waals surface area contributed by atoms with Crippen molar-refractivity contribution in [3.63, 3.8) is 0 Å². The zero-order chi connectivity index (χ0) is 32.3. The number of hydrazine groups is 1. The van der Waals surface area contributed by atoms with E-state index >= 15 is 0 Å². The minimum atomic E-state index is -0.711. The largest absolute Gasteiger partial charge is 0.282 e. The molecule has 13 heteroatoms. The molecule has 0 radical (unpaired) electrons. The van der Waals surface area contributed by atoms with Crippen LogP contribution in [-0.4, -0.2) is 49.3 Å². The van der Waals surface area contributed by atoms with Gasteiger partial charge in [-0.05, 0) is 60.0 Å². The number of aryl methyl sites for hydroxylation is 3. The van der Waals surface area contributed by atoms with Gasteiger partial charge in [0.2, 0.25) is 5.28 Å². The molecular formula is C34H35ClN12. The second kappa shape index (κ2) is 11.4. The fourth-order valence-corrected chi connectivity index (χ4v) is 7.36. The van der Waals surface area contributed by atoms with E-state index in [9.17, 15) is 0 Å². The predicted octanol–water partition coefficient (Wildman–Crippen LogP) is 5.57. The molecule has 2 unspecified atom stereocenters. The third kappa shape index (κ3) is 4.99. The monoisotopic (exact) mass is 646 g/mol. The molecule has 2 N–H and O–H groups in total. The summed E-state index contributed by atoms with van der Waals surface area (Å²) in [4.78, 5) is 19.4. The molecule has 47 heavy (non-hydrogen) atoms. The summed E-state index contributed by atoms with van der Waals surface area (Å²) in [6, 6.07) is 12.2. The highest BCUT2D eigenvalue weighted by atomic mass is 35.5. The smallest absolute Gasteiger partial charge is 0.224 e. The summed E-state index contributed by atoms with van der Waals surface area (Å²) in [5.74, 6) is 9.26. The topological polar surface area (TPSA) is 134 Å². The Morgan fingerprint density at radius 1 is 0.830 bits per heavy atom. The molecule has 6 aromatic rings. The summed E-state index contributed by atoms with van der Waals surface area (Å²) in [6.07, 6.45) is 16.6. The number of rotatable bonds is 8. The lowest BCUT2D eigenvalue weighted by molar-refractivity contribution is 0.0161. The number of benzene rings is 1. The molecular weight excluding hydrogens is 612 g/mol. The van der Waals surface area contributed by atoms with E-state index < -0.39 is 5.54 Å². The number of hydrogen-bond acceptors (Lipinski definition) is 9. The van der Waals surface area contributed by atoms with Gasteiger partial charge in [-0.2, -0.15) is 20.3 Å². The Kier molecular flexibility index (Phi) is 7.14. The second-order valence-electron chi connectivity index (χ2n) is 12.7. The highest BCUT2D eigenvalue weighted by Gasteiger charge is 2.58. The first-order valence-corrected chi connectivity index (χ1v) is 16.2. The van der Waals surface area contributed by atoms with E-state index in [2.05, 4.69) is 27.3 Å². The zero-order valence-corrected chi connectivity index (χ0v) is 27.2. The van der Waals surface area contributed by atoms with Crippen LogP contribution in [0.3, 0.4) is 0 Å². The van der Waals surface area contributed by atoms with Crippen LogP contribution in [0.25, 0.3) is 45.0 Å². The number of nitrogens with two attached hydrogens (primary N) is 1. The normalized spacial score (nSPS) is 19.4. The quantitative estimate of drug-likeness (QED) is 0.128. The zero-order valence-electron chi connectivity index (χ0n) is 26.5. The van der Waals surface area contributed by atoms with Crippen LogP contribution in [0.2, 0.25) is 5.28 Å². The van der Waals surface area contributed by atoms with Crippen molar-refractivity contribution in [3.8, 4) is 45.0 Å². The van der Waals surface area contributed by atoms with Gasteiger partial charge in [-0.3, -0.25) is 19.1 Å².